The van der Waals surface area contributed by atoms with Crippen molar-refractivity contribution in [3.63, 3.8) is 0 Å². The maximum atomic E-state index is 13.5. The first-order chi connectivity index (χ1) is 15.9. The van der Waals surface area contributed by atoms with Crippen molar-refractivity contribution >= 4 is 17.2 Å². The van der Waals surface area contributed by atoms with Gasteiger partial charge in [-0.3, -0.25) is 9.69 Å². The Labute approximate surface area is 202 Å². The summed E-state index contributed by atoms with van der Waals surface area (Å²) >= 11 is 1.75. The van der Waals surface area contributed by atoms with Crippen molar-refractivity contribution < 1.29 is 19.4 Å². The second-order valence-corrected chi connectivity index (χ2v) is 10.2. The summed E-state index contributed by atoms with van der Waals surface area (Å²) in [7, 11) is 1.64. The zero-order valence-electron chi connectivity index (χ0n) is 20.3. The Morgan fingerprint density at radius 1 is 1.21 bits per heavy atom. The molecule has 0 spiro atoms. The van der Waals surface area contributed by atoms with E-state index in [1.165, 1.54) is 10.4 Å². The van der Waals surface area contributed by atoms with E-state index in [2.05, 4.69) is 37.1 Å². The van der Waals surface area contributed by atoms with Gasteiger partial charge in [-0.15, -0.1) is 11.3 Å². The first-order valence-corrected chi connectivity index (χ1v) is 12.8. The number of aliphatic hydroxyl groups is 1. The van der Waals surface area contributed by atoms with Crippen LogP contribution in [0.25, 0.3) is 0 Å². The third-order valence-corrected chi connectivity index (χ3v) is 6.95. The molecule has 0 bridgehead atoms. The van der Waals surface area contributed by atoms with Gasteiger partial charge in [-0.1, -0.05) is 27.2 Å². The maximum absolute atomic E-state index is 13.5. The fourth-order valence-electron chi connectivity index (χ4n) is 4.45. The molecule has 1 aromatic heterocycles. The lowest BCUT2D eigenvalue weighted by molar-refractivity contribution is -0.136. The normalized spacial score (nSPS) is 16.7. The van der Waals surface area contributed by atoms with E-state index >= 15 is 0 Å². The summed E-state index contributed by atoms with van der Waals surface area (Å²) in [6.07, 6.45) is 2.16. The number of fused-ring (bicyclic) bond motifs is 1. The van der Waals surface area contributed by atoms with E-state index in [0.29, 0.717) is 32.2 Å². The number of carbonyl (C=O) groups excluding carboxylic acids is 1. The van der Waals surface area contributed by atoms with E-state index in [-0.39, 0.29) is 11.9 Å². The molecule has 1 amide bonds. The summed E-state index contributed by atoms with van der Waals surface area (Å²) in [6.45, 7) is 9.10. The van der Waals surface area contributed by atoms with E-state index in [1.807, 2.05) is 29.2 Å². The van der Waals surface area contributed by atoms with Crippen molar-refractivity contribution in [1.82, 2.24) is 9.80 Å². The van der Waals surface area contributed by atoms with Crippen LogP contribution in [0.3, 0.4) is 0 Å². The first-order valence-electron chi connectivity index (χ1n) is 11.9. The van der Waals surface area contributed by atoms with Gasteiger partial charge in [0.25, 0.3) is 0 Å². The van der Waals surface area contributed by atoms with Gasteiger partial charge in [-0.2, -0.15) is 0 Å². The quantitative estimate of drug-likeness (QED) is 0.495. The Hall–Kier alpha value is -2.09. The Morgan fingerprint density at radius 3 is 2.61 bits per heavy atom. The van der Waals surface area contributed by atoms with Gasteiger partial charge in [0.15, 0.2) is 0 Å². The molecule has 1 aromatic carbocycles. The number of ether oxygens (including phenoxy) is 2. The number of carbonyl (C=O) groups is 1. The maximum Gasteiger partial charge on any atom is 0.237 e. The summed E-state index contributed by atoms with van der Waals surface area (Å²) in [6, 6.07) is 9.54. The van der Waals surface area contributed by atoms with Gasteiger partial charge in [0.05, 0.1) is 25.8 Å². The first kappa shape index (κ1) is 25.5. The smallest absolute Gasteiger partial charge is 0.237 e. The number of rotatable bonds is 12. The van der Waals surface area contributed by atoms with Crippen LogP contribution in [0.1, 0.15) is 50.1 Å². The fourth-order valence-corrected chi connectivity index (χ4v) is 5.37. The fraction of sp³-hybridized carbons (Fsp3) is 0.577. The molecule has 0 saturated carbocycles. The molecule has 0 aliphatic carbocycles. The van der Waals surface area contributed by atoms with Gasteiger partial charge in [-0.25, -0.2) is 0 Å². The number of thiophene rings is 1. The highest BCUT2D eigenvalue weighted by Gasteiger charge is 2.33. The Balaban J connectivity index is 1.71. The molecule has 1 aliphatic rings. The molecule has 1 aliphatic heterocycles. The lowest BCUT2D eigenvalue weighted by Crippen LogP contribution is -2.48. The molecule has 7 heteroatoms. The van der Waals surface area contributed by atoms with E-state index in [0.717, 1.165) is 37.3 Å². The van der Waals surface area contributed by atoms with Gasteiger partial charge >= 0.3 is 0 Å². The predicted molar refractivity (Wildman–Crippen MR) is 133 cm³/mol. The topological polar surface area (TPSA) is 62.2 Å². The molecule has 0 fully saturated rings. The van der Waals surface area contributed by atoms with Gasteiger partial charge in [0, 0.05) is 24.5 Å². The summed E-state index contributed by atoms with van der Waals surface area (Å²) in [4.78, 5) is 18.9. The highest BCUT2D eigenvalue weighted by Crippen LogP contribution is 2.34. The van der Waals surface area contributed by atoms with Crippen LogP contribution in [0, 0.1) is 5.92 Å². The standard InChI is InChI=1S/C26H38N2O4S/c1-5-6-20(29)16-27(15-19(2)3)17-26(30)28-13-11-25-23(12-14-33-25)24(28)18-32-22-9-7-21(31-4)8-10-22/h7-10,12,14,19-20,24,29H,5-6,11,13,15-18H2,1-4H3. The van der Waals surface area contributed by atoms with Gasteiger partial charge in [-0.05, 0) is 60.0 Å². The number of hydrogen-bond donors (Lipinski definition) is 1. The van der Waals surface area contributed by atoms with E-state index < -0.39 is 6.10 Å². The summed E-state index contributed by atoms with van der Waals surface area (Å²) in [5, 5.41) is 12.5. The van der Waals surface area contributed by atoms with Gasteiger partial charge in [0.2, 0.25) is 5.91 Å². The van der Waals surface area contributed by atoms with Gasteiger partial charge < -0.3 is 19.5 Å². The molecule has 0 radical (unpaired) electrons. The number of amides is 1. The van der Waals surface area contributed by atoms with Crippen LogP contribution in [-0.2, 0) is 11.2 Å². The summed E-state index contributed by atoms with van der Waals surface area (Å²) < 4.78 is 11.3. The molecular formula is C26H38N2O4S. The molecule has 2 heterocycles. The highest BCUT2D eigenvalue weighted by molar-refractivity contribution is 7.10. The lowest BCUT2D eigenvalue weighted by Gasteiger charge is -2.37. The molecular weight excluding hydrogens is 436 g/mol. The molecule has 33 heavy (non-hydrogen) atoms. The number of benzene rings is 1. The predicted octanol–water partition coefficient (Wildman–Crippen LogP) is 4.38. The third kappa shape index (κ3) is 7.19. The molecule has 6 nitrogen and oxygen atoms in total. The van der Waals surface area contributed by atoms with Crippen LogP contribution in [0.5, 0.6) is 11.5 Å². The Morgan fingerprint density at radius 2 is 1.94 bits per heavy atom. The minimum absolute atomic E-state index is 0.0968. The third-order valence-electron chi connectivity index (χ3n) is 5.96. The second kappa shape index (κ2) is 12.4. The van der Waals surface area contributed by atoms with Crippen LogP contribution < -0.4 is 9.47 Å². The minimum Gasteiger partial charge on any atom is -0.497 e. The Bertz CT molecular complexity index is 867. The number of methoxy groups -OCH3 is 1. The molecule has 182 valence electrons. The van der Waals surface area contributed by atoms with Crippen LogP contribution in [0.4, 0.5) is 0 Å². The molecule has 3 rings (SSSR count). The highest BCUT2D eigenvalue weighted by atomic mass is 32.1. The van der Waals surface area contributed by atoms with Crippen molar-refractivity contribution in [2.24, 2.45) is 5.92 Å². The zero-order chi connectivity index (χ0) is 23.8. The van der Waals surface area contributed by atoms with Crippen molar-refractivity contribution in [2.45, 2.75) is 52.2 Å². The van der Waals surface area contributed by atoms with Gasteiger partial charge in [0.1, 0.15) is 18.1 Å². The average molecular weight is 475 g/mol. The molecule has 1 N–H and O–H groups in total. The van der Waals surface area contributed by atoms with Crippen molar-refractivity contribution in [3.8, 4) is 11.5 Å². The van der Waals surface area contributed by atoms with Crippen LogP contribution in [0.2, 0.25) is 0 Å². The average Bonchev–Trinajstić information content (AvgIpc) is 3.26. The van der Waals surface area contributed by atoms with Crippen molar-refractivity contribution in [1.29, 1.82) is 0 Å². The van der Waals surface area contributed by atoms with Crippen LogP contribution >= 0.6 is 11.3 Å². The molecule has 2 unspecified atom stereocenters. The van der Waals surface area contributed by atoms with E-state index in [4.69, 9.17) is 9.47 Å². The second-order valence-electron chi connectivity index (χ2n) is 9.17. The number of nitrogens with zero attached hydrogens (tertiary/aromatic N) is 2. The molecule has 0 saturated heterocycles. The van der Waals surface area contributed by atoms with E-state index in [1.54, 1.807) is 18.4 Å². The van der Waals surface area contributed by atoms with Crippen LogP contribution in [0.15, 0.2) is 35.7 Å². The molecule has 2 aromatic rings. The van der Waals surface area contributed by atoms with Crippen molar-refractivity contribution in [2.75, 3.05) is 39.9 Å². The zero-order valence-corrected chi connectivity index (χ0v) is 21.1. The molecule has 2 atom stereocenters. The number of aliphatic hydroxyl groups excluding tert-OH is 1. The Kier molecular flexibility index (Phi) is 9.59. The number of hydrogen-bond acceptors (Lipinski definition) is 6. The minimum atomic E-state index is -0.402. The largest absolute Gasteiger partial charge is 0.497 e. The lowest BCUT2D eigenvalue weighted by atomic mass is 10.00. The summed E-state index contributed by atoms with van der Waals surface area (Å²) in [5.74, 6) is 2.06. The van der Waals surface area contributed by atoms with E-state index in [9.17, 15) is 9.90 Å². The summed E-state index contributed by atoms with van der Waals surface area (Å²) in [5.41, 5.74) is 1.19. The monoisotopic (exact) mass is 474 g/mol. The SMILES string of the molecule is CCCC(O)CN(CC(=O)N1CCc2sccc2C1COc1ccc(OC)cc1)CC(C)C. The van der Waals surface area contributed by atoms with Crippen LogP contribution in [-0.4, -0.2) is 66.8 Å². The van der Waals surface area contributed by atoms with Crippen molar-refractivity contribution in [3.05, 3.63) is 46.2 Å².